The Morgan fingerprint density at radius 2 is 2.22 bits per heavy atom. The third kappa shape index (κ3) is 5.29. The molecule has 0 saturated heterocycles. The topological polar surface area (TPSA) is 91.3 Å². The lowest BCUT2D eigenvalue weighted by Gasteiger charge is -2.13. The number of urea groups is 1. The number of hydrogen-bond donors (Lipinski definition) is 3. The molecule has 1 heterocycles. The normalized spacial score (nSPS) is 11.6. The Kier molecular flexibility index (Phi) is 5.63. The maximum atomic E-state index is 11.5. The minimum absolute atomic E-state index is 0.0517. The van der Waals surface area contributed by atoms with Crippen LogP contribution in [0, 0.1) is 0 Å². The van der Waals surface area contributed by atoms with Crippen molar-refractivity contribution in [3.05, 3.63) is 30.1 Å². The highest BCUT2D eigenvalue weighted by molar-refractivity contribution is 5.74. The van der Waals surface area contributed by atoms with Gasteiger partial charge in [-0.3, -0.25) is 9.78 Å². The van der Waals surface area contributed by atoms with Crippen LogP contribution < -0.4 is 10.6 Å². The summed E-state index contributed by atoms with van der Waals surface area (Å²) in [5.41, 5.74) is 0.776. The fourth-order valence-electron chi connectivity index (χ4n) is 1.40. The van der Waals surface area contributed by atoms with Gasteiger partial charge in [0.2, 0.25) is 0 Å². The van der Waals surface area contributed by atoms with Gasteiger partial charge >= 0.3 is 12.0 Å². The molecule has 0 saturated carbocycles. The van der Waals surface area contributed by atoms with Gasteiger partial charge in [-0.2, -0.15) is 0 Å². The zero-order valence-electron chi connectivity index (χ0n) is 10.2. The second-order valence-electron chi connectivity index (χ2n) is 3.87. The summed E-state index contributed by atoms with van der Waals surface area (Å²) in [6.45, 7) is 2.17. The Morgan fingerprint density at radius 3 is 2.83 bits per heavy atom. The predicted octanol–water partition coefficient (Wildman–Crippen LogP) is 1.31. The minimum Gasteiger partial charge on any atom is -0.481 e. The first-order valence-electron chi connectivity index (χ1n) is 5.76. The second kappa shape index (κ2) is 7.26. The van der Waals surface area contributed by atoms with Crippen LogP contribution in [0.2, 0.25) is 0 Å². The number of amides is 2. The first kappa shape index (κ1) is 14.0. The summed E-state index contributed by atoms with van der Waals surface area (Å²) in [5.74, 6) is -0.862. The van der Waals surface area contributed by atoms with E-state index in [1.807, 2.05) is 25.1 Å². The van der Waals surface area contributed by atoms with Crippen LogP contribution in [0.5, 0.6) is 0 Å². The van der Waals surface area contributed by atoms with Crippen molar-refractivity contribution in [2.45, 2.75) is 25.8 Å². The summed E-state index contributed by atoms with van der Waals surface area (Å²) in [5, 5.41) is 13.8. The molecule has 1 unspecified atom stereocenters. The molecule has 0 bridgehead atoms. The van der Waals surface area contributed by atoms with Gasteiger partial charge in [0.05, 0.1) is 11.7 Å². The summed E-state index contributed by atoms with van der Waals surface area (Å²) in [4.78, 5) is 25.9. The van der Waals surface area contributed by atoms with Crippen molar-refractivity contribution < 1.29 is 14.7 Å². The van der Waals surface area contributed by atoms with Gasteiger partial charge in [-0.05, 0) is 25.5 Å². The van der Waals surface area contributed by atoms with Crippen molar-refractivity contribution in [2.75, 3.05) is 6.54 Å². The van der Waals surface area contributed by atoms with Gasteiger partial charge in [0.15, 0.2) is 0 Å². The number of aliphatic carboxylic acids is 1. The number of carboxylic acids is 1. The molecule has 0 radical (unpaired) electrons. The van der Waals surface area contributed by atoms with Crippen LogP contribution in [0.15, 0.2) is 24.4 Å². The minimum atomic E-state index is -0.862. The molecule has 3 N–H and O–H groups in total. The molecule has 0 aliphatic rings. The van der Waals surface area contributed by atoms with Crippen LogP contribution in [-0.4, -0.2) is 28.6 Å². The Bertz CT molecular complexity index is 395. The predicted molar refractivity (Wildman–Crippen MR) is 66.1 cm³/mol. The van der Waals surface area contributed by atoms with Gasteiger partial charge in [-0.1, -0.05) is 6.07 Å². The average molecular weight is 251 g/mol. The molecule has 18 heavy (non-hydrogen) atoms. The molecule has 0 aromatic carbocycles. The lowest BCUT2D eigenvalue weighted by molar-refractivity contribution is -0.137. The van der Waals surface area contributed by atoms with Gasteiger partial charge < -0.3 is 15.7 Å². The summed E-state index contributed by atoms with van der Waals surface area (Å²) in [6, 6.07) is 4.98. The molecule has 1 aromatic rings. The zero-order valence-corrected chi connectivity index (χ0v) is 10.2. The van der Waals surface area contributed by atoms with Crippen LogP contribution in [0.25, 0.3) is 0 Å². The van der Waals surface area contributed by atoms with Crippen molar-refractivity contribution in [1.82, 2.24) is 15.6 Å². The lowest BCUT2D eigenvalue weighted by atomic mass is 10.2. The quantitative estimate of drug-likeness (QED) is 0.665. The fraction of sp³-hybridized carbons (Fsp3) is 0.417. The van der Waals surface area contributed by atoms with Gasteiger partial charge in [0, 0.05) is 19.2 Å². The van der Waals surface area contributed by atoms with Gasteiger partial charge in [0.1, 0.15) is 0 Å². The van der Waals surface area contributed by atoms with Crippen LogP contribution in [0.4, 0.5) is 4.79 Å². The van der Waals surface area contributed by atoms with Crippen molar-refractivity contribution >= 4 is 12.0 Å². The van der Waals surface area contributed by atoms with Crippen LogP contribution in [0.3, 0.4) is 0 Å². The van der Waals surface area contributed by atoms with Gasteiger partial charge in [0.25, 0.3) is 0 Å². The molecule has 1 rings (SSSR count). The Balaban J connectivity index is 2.26. The van der Waals surface area contributed by atoms with Crippen molar-refractivity contribution in [1.29, 1.82) is 0 Å². The van der Waals surface area contributed by atoms with E-state index >= 15 is 0 Å². The lowest BCUT2D eigenvalue weighted by Crippen LogP contribution is -2.37. The number of carboxylic acid groups (broad SMARTS) is 1. The standard InChI is InChI=1S/C12H17N3O3/c1-9(10-5-2-3-7-13-10)15-12(18)14-8-4-6-11(16)17/h2-3,5,7,9H,4,6,8H2,1H3,(H,16,17)(H2,14,15,18). The Hall–Kier alpha value is -2.11. The second-order valence-corrected chi connectivity index (χ2v) is 3.87. The molecule has 2 amide bonds. The summed E-state index contributed by atoms with van der Waals surface area (Å²) >= 11 is 0. The number of carbonyl (C=O) groups is 2. The molecule has 1 atom stereocenters. The number of hydrogen-bond acceptors (Lipinski definition) is 3. The summed E-state index contributed by atoms with van der Waals surface area (Å²) in [6.07, 6.45) is 2.13. The number of nitrogens with one attached hydrogen (secondary N) is 2. The molecular formula is C12H17N3O3. The van der Waals surface area contributed by atoms with Crippen molar-refractivity contribution in [3.63, 3.8) is 0 Å². The maximum absolute atomic E-state index is 11.5. The number of nitrogens with zero attached hydrogens (tertiary/aromatic N) is 1. The van der Waals surface area contributed by atoms with E-state index in [-0.39, 0.29) is 18.5 Å². The first-order chi connectivity index (χ1) is 8.59. The van der Waals surface area contributed by atoms with E-state index in [1.54, 1.807) is 6.20 Å². The van der Waals surface area contributed by atoms with Crippen molar-refractivity contribution in [3.8, 4) is 0 Å². The fourth-order valence-corrected chi connectivity index (χ4v) is 1.40. The number of rotatable bonds is 6. The Morgan fingerprint density at radius 1 is 1.44 bits per heavy atom. The number of pyridine rings is 1. The maximum Gasteiger partial charge on any atom is 0.315 e. The highest BCUT2D eigenvalue weighted by Gasteiger charge is 2.09. The van der Waals surface area contributed by atoms with E-state index < -0.39 is 5.97 Å². The molecule has 98 valence electrons. The van der Waals surface area contributed by atoms with Gasteiger partial charge in [-0.15, -0.1) is 0 Å². The zero-order chi connectivity index (χ0) is 13.4. The Labute approximate surface area is 105 Å². The molecule has 6 heteroatoms. The highest BCUT2D eigenvalue weighted by Crippen LogP contribution is 2.06. The summed E-state index contributed by atoms with van der Waals surface area (Å²) in [7, 11) is 0. The molecule has 0 aliphatic heterocycles. The number of aromatic nitrogens is 1. The molecule has 1 aromatic heterocycles. The van der Waals surface area contributed by atoms with Gasteiger partial charge in [-0.25, -0.2) is 4.79 Å². The van der Waals surface area contributed by atoms with Crippen LogP contribution in [-0.2, 0) is 4.79 Å². The third-order valence-corrected chi connectivity index (χ3v) is 2.33. The smallest absolute Gasteiger partial charge is 0.315 e. The van der Waals surface area contributed by atoms with E-state index in [0.29, 0.717) is 13.0 Å². The van der Waals surface area contributed by atoms with E-state index in [0.717, 1.165) is 5.69 Å². The largest absolute Gasteiger partial charge is 0.481 e. The molecule has 0 aliphatic carbocycles. The van der Waals surface area contributed by atoms with Crippen molar-refractivity contribution in [2.24, 2.45) is 0 Å². The first-order valence-corrected chi connectivity index (χ1v) is 5.76. The molecule has 0 fully saturated rings. The highest BCUT2D eigenvalue weighted by atomic mass is 16.4. The third-order valence-electron chi connectivity index (χ3n) is 2.33. The molecule has 6 nitrogen and oxygen atoms in total. The van der Waals surface area contributed by atoms with Crippen LogP contribution >= 0.6 is 0 Å². The average Bonchev–Trinajstić information content (AvgIpc) is 2.35. The SMILES string of the molecule is CC(NC(=O)NCCCC(=O)O)c1ccccn1. The van der Waals surface area contributed by atoms with E-state index in [2.05, 4.69) is 15.6 Å². The van der Waals surface area contributed by atoms with E-state index in [9.17, 15) is 9.59 Å². The monoisotopic (exact) mass is 251 g/mol. The van der Waals surface area contributed by atoms with E-state index in [4.69, 9.17) is 5.11 Å². The summed E-state index contributed by atoms with van der Waals surface area (Å²) < 4.78 is 0. The van der Waals surface area contributed by atoms with E-state index in [1.165, 1.54) is 0 Å². The molecular weight excluding hydrogens is 234 g/mol. The van der Waals surface area contributed by atoms with Crippen LogP contribution in [0.1, 0.15) is 31.5 Å². The molecule has 0 spiro atoms. The number of carbonyl (C=O) groups excluding carboxylic acids is 1.